The molecule has 1 aromatic heterocycles. The summed E-state index contributed by atoms with van der Waals surface area (Å²) < 4.78 is 17.7. The summed E-state index contributed by atoms with van der Waals surface area (Å²) in [7, 11) is 3.30. The minimum atomic E-state index is -0.488. The van der Waals surface area contributed by atoms with Crippen molar-refractivity contribution in [1.82, 2.24) is 14.9 Å². The first-order valence-electron chi connectivity index (χ1n) is 7.33. The highest BCUT2D eigenvalue weighted by atomic mass is 16.6. The molecule has 1 rings (SSSR count). The van der Waals surface area contributed by atoms with Gasteiger partial charge in [-0.05, 0) is 20.8 Å². The number of aromatic nitrogens is 2. The second kappa shape index (κ2) is 8.75. The molecule has 0 saturated carbocycles. The van der Waals surface area contributed by atoms with E-state index in [4.69, 9.17) is 14.2 Å². The number of alkyl carbamates (subject to hydrolysis) is 1. The van der Waals surface area contributed by atoms with Crippen LogP contribution in [-0.2, 0) is 27.2 Å². The van der Waals surface area contributed by atoms with Gasteiger partial charge in [-0.15, -0.1) is 0 Å². The minimum absolute atomic E-state index is 0.0308. The number of methoxy groups -OCH3 is 2. The molecule has 0 fully saturated rings. The first-order valence-corrected chi connectivity index (χ1v) is 7.33. The average molecular weight is 313 g/mol. The quantitative estimate of drug-likeness (QED) is 0.789. The highest BCUT2D eigenvalue weighted by molar-refractivity contribution is 5.67. The lowest BCUT2D eigenvalue weighted by molar-refractivity contribution is 0.0179. The second-order valence-electron chi connectivity index (χ2n) is 6.03. The third-order valence-corrected chi connectivity index (χ3v) is 2.93. The van der Waals surface area contributed by atoms with Crippen LogP contribution in [0.15, 0.2) is 12.5 Å². The molecule has 1 amide bonds. The highest BCUT2D eigenvalue weighted by Gasteiger charge is 2.16. The van der Waals surface area contributed by atoms with Crippen molar-refractivity contribution in [2.24, 2.45) is 0 Å². The van der Waals surface area contributed by atoms with E-state index in [1.54, 1.807) is 26.7 Å². The van der Waals surface area contributed by atoms with E-state index < -0.39 is 11.7 Å². The van der Waals surface area contributed by atoms with Gasteiger partial charge in [-0.25, -0.2) is 9.78 Å². The van der Waals surface area contributed by atoms with Crippen LogP contribution < -0.4 is 5.32 Å². The fourth-order valence-electron chi connectivity index (χ4n) is 1.93. The summed E-state index contributed by atoms with van der Waals surface area (Å²) in [5, 5.41) is 2.74. The zero-order chi connectivity index (χ0) is 16.6. The fraction of sp³-hybridized carbons (Fsp3) is 0.733. The molecule has 7 heteroatoms. The predicted molar refractivity (Wildman–Crippen MR) is 82.8 cm³/mol. The molecule has 1 heterocycles. The Morgan fingerprint density at radius 1 is 1.41 bits per heavy atom. The summed E-state index contributed by atoms with van der Waals surface area (Å²) >= 11 is 0. The lowest BCUT2D eigenvalue weighted by atomic mass is 10.2. The number of hydrogen-bond donors (Lipinski definition) is 1. The Bertz CT molecular complexity index is 454. The van der Waals surface area contributed by atoms with Gasteiger partial charge in [0.1, 0.15) is 5.60 Å². The summed E-state index contributed by atoms with van der Waals surface area (Å²) in [5.74, 6) is 0. The maximum atomic E-state index is 11.6. The number of rotatable bonds is 8. The molecule has 0 radical (unpaired) electrons. The highest BCUT2D eigenvalue weighted by Crippen LogP contribution is 2.07. The van der Waals surface area contributed by atoms with E-state index in [0.29, 0.717) is 26.1 Å². The second-order valence-corrected chi connectivity index (χ2v) is 6.03. The largest absolute Gasteiger partial charge is 0.444 e. The number of amides is 1. The molecule has 0 aliphatic rings. The van der Waals surface area contributed by atoms with Crippen molar-refractivity contribution in [3.8, 4) is 0 Å². The van der Waals surface area contributed by atoms with Crippen LogP contribution in [0.5, 0.6) is 0 Å². The summed E-state index contributed by atoms with van der Waals surface area (Å²) in [4.78, 5) is 15.7. The number of carbonyl (C=O) groups excluding carboxylic acids is 1. The SMILES string of the molecule is COCC(Cn1cncc1CCNC(=O)OC(C)(C)C)OC. The lowest BCUT2D eigenvalue weighted by Crippen LogP contribution is -2.34. The molecule has 0 spiro atoms. The average Bonchev–Trinajstić information content (AvgIpc) is 2.83. The van der Waals surface area contributed by atoms with Crippen LogP contribution in [0, 0.1) is 0 Å². The number of nitrogens with zero attached hydrogens (tertiary/aromatic N) is 2. The van der Waals surface area contributed by atoms with E-state index in [1.807, 2.05) is 25.3 Å². The molecule has 7 nitrogen and oxygen atoms in total. The van der Waals surface area contributed by atoms with Crippen LogP contribution in [0.1, 0.15) is 26.5 Å². The molecule has 0 saturated heterocycles. The van der Waals surface area contributed by atoms with Crippen molar-refractivity contribution in [2.45, 2.75) is 45.4 Å². The molecule has 1 N–H and O–H groups in total. The molecule has 0 bridgehead atoms. The summed E-state index contributed by atoms with van der Waals surface area (Å²) in [6, 6.07) is 0. The first kappa shape index (κ1) is 18.4. The normalized spacial score (nSPS) is 13.0. The topological polar surface area (TPSA) is 74.6 Å². The van der Waals surface area contributed by atoms with Gasteiger partial charge in [0.05, 0.1) is 25.6 Å². The Kier molecular flexibility index (Phi) is 7.34. The molecular weight excluding hydrogens is 286 g/mol. The molecule has 0 aromatic carbocycles. The zero-order valence-electron chi connectivity index (χ0n) is 14.1. The van der Waals surface area contributed by atoms with Crippen molar-refractivity contribution in [3.63, 3.8) is 0 Å². The van der Waals surface area contributed by atoms with Crippen LogP contribution >= 0.6 is 0 Å². The van der Waals surface area contributed by atoms with Gasteiger partial charge in [0.25, 0.3) is 0 Å². The molecule has 1 atom stereocenters. The van der Waals surface area contributed by atoms with Crippen LogP contribution in [0.4, 0.5) is 4.79 Å². The summed E-state index contributed by atoms with van der Waals surface area (Å²) in [6.45, 7) is 7.17. The number of imidazole rings is 1. The Balaban J connectivity index is 2.44. The Labute approximate surface area is 132 Å². The zero-order valence-corrected chi connectivity index (χ0v) is 14.1. The van der Waals surface area contributed by atoms with Crippen LogP contribution in [-0.4, -0.2) is 54.7 Å². The van der Waals surface area contributed by atoms with E-state index in [2.05, 4.69) is 10.3 Å². The van der Waals surface area contributed by atoms with Crippen molar-refractivity contribution in [2.75, 3.05) is 27.4 Å². The Morgan fingerprint density at radius 3 is 2.73 bits per heavy atom. The van der Waals surface area contributed by atoms with Crippen molar-refractivity contribution >= 4 is 6.09 Å². The summed E-state index contributed by atoms with van der Waals surface area (Å²) in [6.07, 6.45) is 3.77. The van der Waals surface area contributed by atoms with Gasteiger partial charge < -0.3 is 24.1 Å². The monoisotopic (exact) mass is 313 g/mol. The van der Waals surface area contributed by atoms with Gasteiger partial charge in [-0.3, -0.25) is 0 Å². The standard InChI is InChI=1S/C15H27N3O4/c1-15(2,3)22-14(19)17-7-6-12-8-16-11-18(12)9-13(21-5)10-20-4/h8,11,13H,6-7,9-10H2,1-5H3,(H,17,19). The van der Waals surface area contributed by atoms with Crippen molar-refractivity contribution in [3.05, 3.63) is 18.2 Å². The van der Waals surface area contributed by atoms with E-state index >= 15 is 0 Å². The predicted octanol–water partition coefficient (Wildman–Crippen LogP) is 1.61. The molecule has 1 unspecified atom stereocenters. The molecule has 1 aromatic rings. The smallest absolute Gasteiger partial charge is 0.407 e. The van der Waals surface area contributed by atoms with Crippen LogP contribution in [0.2, 0.25) is 0 Å². The number of hydrogen-bond acceptors (Lipinski definition) is 5. The van der Waals surface area contributed by atoms with E-state index in [1.165, 1.54) is 0 Å². The molecule has 0 aliphatic heterocycles. The van der Waals surface area contributed by atoms with Gasteiger partial charge in [0.15, 0.2) is 0 Å². The molecule has 126 valence electrons. The number of nitrogens with one attached hydrogen (secondary N) is 1. The van der Waals surface area contributed by atoms with Gasteiger partial charge in [-0.2, -0.15) is 0 Å². The third-order valence-electron chi connectivity index (χ3n) is 2.93. The fourth-order valence-corrected chi connectivity index (χ4v) is 1.93. The third kappa shape index (κ3) is 6.91. The number of ether oxygens (including phenoxy) is 3. The van der Waals surface area contributed by atoms with E-state index in [0.717, 1.165) is 5.69 Å². The lowest BCUT2D eigenvalue weighted by Gasteiger charge is -2.20. The molecule has 0 aliphatic carbocycles. The van der Waals surface area contributed by atoms with Crippen LogP contribution in [0.25, 0.3) is 0 Å². The Morgan fingerprint density at radius 2 is 2.14 bits per heavy atom. The summed E-state index contributed by atoms with van der Waals surface area (Å²) in [5.41, 5.74) is 0.534. The van der Waals surface area contributed by atoms with E-state index in [-0.39, 0.29) is 6.10 Å². The number of carbonyl (C=O) groups is 1. The van der Waals surface area contributed by atoms with Gasteiger partial charge >= 0.3 is 6.09 Å². The van der Waals surface area contributed by atoms with Crippen molar-refractivity contribution < 1.29 is 19.0 Å². The maximum Gasteiger partial charge on any atom is 0.407 e. The van der Waals surface area contributed by atoms with Crippen molar-refractivity contribution in [1.29, 1.82) is 0 Å². The Hall–Kier alpha value is -1.60. The van der Waals surface area contributed by atoms with Crippen LogP contribution in [0.3, 0.4) is 0 Å². The van der Waals surface area contributed by atoms with E-state index in [9.17, 15) is 4.79 Å². The maximum absolute atomic E-state index is 11.6. The van der Waals surface area contributed by atoms with Gasteiger partial charge in [0.2, 0.25) is 0 Å². The minimum Gasteiger partial charge on any atom is -0.444 e. The first-order chi connectivity index (χ1) is 10.4. The van der Waals surface area contributed by atoms with Gasteiger partial charge in [0, 0.05) is 39.1 Å². The molecule has 22 heavy (non-hydrogen) atoms. The molecular formula is C15H27N3O4. The van der Waals surface area contributed by atoms with Gasteiger partial charge in [-0.1, -0.05) is 0 Å².